The van der Waals surface area contributed by atoms with E-state index in [4.69, 9.17) is 25.8 Å². The molecule has 1 radical (unpaired) electrons. The van der Waals surface area contributed by atoms with Crippen LogP contribution in [0, 0.1) is 50.0 Å². The molecule has 5 atom stereocenters. The van der Waals surface area contributed by atoms with Crippen LogP contribution in [0.3, 0.4) is 0 Å². The molecular weight excluding hydrogens is 519 g/mol. The predicted octanol–water partition coefficient (Wildman–Crippen LogP) is 0.0110. The first-order valence-electron chi connectivity index (χ1n) is 6.02. The Kier molecular flexibility index (Phi) is 9.53. The fourth-order valence-corrected chi connectivity index (χ4v) is 2.40. The fourth-order valence-electron chi connectivity index (χ4n) is 2.07. The molecule has 117 valence electrons. The SMILES string of the molecule is CC(=O)OCC1OC(Cl)C(OC(C)=O)C(O)C1C(C)=O.[Ac]. The summed E-state index contributed by atoms with van der Waals surface area (Å²) in [7, 11) is 0. The average Bonchev–Trinajstić information content (AvgIpc) is 2.30. The molecule has 0 spiro atoms. The van der Waals surface area contributed by atoms with E-state index in [2.05, 4.69) is 0 Å². The standard InChI is InChI=1S/C12H17ClO7.Ac/c1-5(14)9-8(4-18-6(2)15)20-12(13)11(10(9)17)19-7(3)16;/h8-12,17H,4H2,1-3H3;. The van der Waals surface area contributed by atoms with Crippen LogP contribution in [0.15, 0.2) is 0 Å². The fraction of sp³-hybridized carbons (Fsp3) is 0.750. The van der Waals surface area contributed by atoms with Gasteiger partial charge >= 0.3 is 11.9 Å². The Morgan fingerprint density at radius 1 is 1.19 bits per heavy atom. The topological polar surface area (TPSA) is 99.1 Å². The number of ketones is 1. The molecule has 9 heteroatoms. The number of aliphatic hydroxyl groups excluding tert-OH is 1. The minimum Gasteiger partial charge on any atom is -0.463 e. The smallest absolute Gasteiger partial charge is 0.303 e. The molecule has 5 unspecified atom stereocenters. The molecule has 0 amide bonds. The molecule has 7 nitrogen and oxygen atoms in total. The monoisotopic (exact) mass is 535 g/mol. The van der Waals surface area contributed by atoms with Gasteiger partial charge in [0.25, 0.3) is 0 Å². The summed E-state index contributed by atoms with van der Waals surface area (Å²) in [6, 6.07) is 0. The molecule has 0 aliphatic carbocycles. The molecule has 1 heterocycles. The maximum atomic E-state index is 11.6. The first kappa shape index (κ1) is 21.3. The van der Waals surface area contributed by atoms with E-state index in [1.54, 1.807) is 0 Å². The minimum absolute atomic E-state index is 0. The van der Waals surface area contributed by atoms with Gasteiger partial charge in [-0.3, -0.25) is 14.4 Å². The predicted molar refractivity (Wildman–Crippen MR) is 66.9 cm³/mol. The van der Waals surface area contributed by atoms with Gasteiger partial charge in [0.1, 0.15) is 24.6 Å². The molecule has 0 bridgehead atoms. The van der Waals surface area contributed by atoms with Crippen LogP contribution in [-0.4, -0.2) is 53.3 Å². The van der Waals surface area contributed by atoms with E-state index >= 15 is 0 Å². The van der Waals surface area contributed by atoms with Crippen LogP contribution in [-0.2, 0) is 28.6 Å². The van der Waals surface area contributed by atoms with Crippen molar-refractivity contribution in [3.8, 4) is 0 Å². The van der Waals surface area contributed by atoms with Gasteiger partial charge in [-0.15, -0.1) is 0 Å². The molecule has 21 heavy (non-hydrogen) atoms. The van der Waals surface area contributed by atoms with E-state index in [1.807, 2.05) is 0 Å². The Balaban J connectivity index is 0.00000400. The van der Waals surface area contributed by atoms with Crippen LogP contribution in [0.4, 0.5) is 0 Å². The second kappa shape index (κ2) is 9.41. The van der Waals surface area contributed by atoms with Gasteiger partial charge in [0.05, 0.1) is 5.92 Å². The Bertz CT molecular complexity index is 401. The summed E-state index contributed by atoms with van der Waals surface area (Å²) in [5.74, 6) is -2.56. The number of aliphatic hydroxyl groups is 1. The van der Waals surface area contributed by atoms with Gasteiger partial charge in [-0.1, -0.05) is 11.6 Å². The van der Waals surface area contributed by atoms with Crippen molar-refractivity contribution in [2.45, 2.75) is 44.6 Å². The number of Topliss-reactive ketones (excluding diaryl/α,β-unsaturated/α-hetero) is 1. The molecule has 1 fully saturated rings. The maximum absolute atomic E-state index is 11.6. The molecule has 0 aromatic carbocycles. The molecule has 0 aromatic rings. The second-order valence-corrected chi connectivity index (χ2v) is 4.96. The van der Waals surface area contributed by atoms with Crippen molar-refractivity contribution < 1.29 is 77.8 Å². The van der Waals surface area contributed by atoms with Gasteiger partial charge in [-0.2, -0.15) is 0 Å². The van der Waals surface area contributed by atoms with Gasteiger partial charge in [0, 0.05) is 57.9 Å². The third-order valence-corrected chi connectivity index (χ3v) is 3.24. The molecule has 0 saturated carbocycles. The largest absolute Gasteiger partial charge is 0.463 e. The Labute approximate surface area is 163 Å². The zero-order chi connectivity index (χ0) is 15.4. The number of rotatable bonds is 4. The average molecular weight is 536 g/mol. The summed E-state index contributed by atoms with van der Waals surface area (Å²) >= 11 is 5.89. The molecule has 1 aliphatic heterocycles. The number of carbonyl (C=O) groups is 3. The normalized spacial score (nSPS) is 31.8. The van der Waals surface area contributed by atoms with Crippen LogP contribution in [0.25, 0.3) is 0 Å². The van der Waals surface area contributed by atoms with E-state index in [0.717, 1.165) is 6.92 Å². The van der Waals surface area contributed by atoms with Crippen molar-refractivity contribution in [1.29, 1.82) is 0 Å². The van der Waals surface area contributed by atoms with Gasteiger partial charge < -0.3 is 19.3 Å². The van der Waals surface area contributed by atoms with Crippen molar-refractivity contribution in [2.24, 2.45) is 5.92 Å². The van der Waals surface area contributed by atoms with Gasteiger partial charge in [0.15, 0.2) is 11.7 Å². The van der Waals surface area contributed by atoms with E-state index in [1.165, 1.54) is 13.8 Å². The molecular formula is C12H17AcClO7. The summed E-state index contributed by atoms with van der Waals surface area (Å²) in [6.45, 7) is 3.41. The molecule has 0 aromatic heterocycles. The van der Waals surface area contributed by atoms with Crippen molar-refractivity contribution >= 4 is 29.3 Å². The van der Waals surface area contributed by atoms with Crippen LogP contribution >= 0.6 is 11.6 Å². The first-order valence-corrected chi connectivity index (χ1v) is 6.46. The maximum Gasteiger partial charge on any atom is 0.303 e. The minimum atomic E-state index is -1.33. The summed E-state index contributed by atoms with van der Waals surface area (Å²) in [6.07, 6.45) is -3.37. The van der Waals surface area contributed by atoms with Gasteiger partial charge in [-0.05, 0) is 6.92 Å². The van der Waals surface area contributed by atoms with Gasteiger partial charge in [-0.25, -0.2) is 0 Å². The number of hydrogen-bond donors (Lipinski definition) is 1. The third-order valence-electron chi connectivity index (χ3n) is 2.89. The van der Waals surface area contributed by atoms with Crippen molar-refractivity contribution in [2.75, 3.05) is 6.61 Å². The zero-order valence-electron chi connectivity index (χ0n) is 11.9. The van der Waals surface area contributed by atoms with E-state index in [0.29, 0.717) is 0 Å². The second-order valence-electron chi connectivity index (χ2n) is 4.53. The molecule has 1 N–H and O–H groups in total. The van der Waals surface area contributed by atoms with Crippen LogP contribution < -0.4 is 0 Å². The number of alkyl halides is 1. The molecule has 1 rings (SSSR count). The van der Waals surface area contributed by atoms with E-state index in [9.17, 15) is 19.5 Å². The number of esters is 2. The van der Waals surface area contributed by atoms with Crippen LogP contribution in [0.5, 0.6) is 0 Å². The first-order chi connectivity index (χ1) is 9.23. The summed E-state index contributed by atoms with van der Waals surface area (Å²) in [5, 5.41) is 10.2. The Morgan fingerprint density at radius 2 is 1.76 bits per heavy atom. The van der Waals surface area contributed by atoms with Crippen LogP contribution in [0.1, 0.15) is 20.8 Å². The summed E-state index contributed by atoms with van der Waals surface area (Å²) < 4.78 is 15.0. The van der Waals surface area contributed by atoms with Gasteiger partial charge in [0.2, 0.25) is 0 Å². The van der Waals surface area contributed by atoms with Crippen LogP contribution in [0.2, 0.25) is 0 Å². The number of ether oxygens (including phenoxy) is 3. The number of halogens is 1. The van der Waals surface area contributed by atoms with Crippen molar-refractivity contribution in [3.05, 3.63) is 0 Å². The number of carbonyl (C=O) groups excluding carboxylic acids is 3. The van der Waals surface area contributed by atoms with Crippen molar-refractivity contribution in [1.82, 2.24) is 0 Å². The quantitative estimate of drug-likeness (QED) is 0.400. The van der Waals surface area contributed by atoms with E-state index in [-0.39, 0.29) is 56.5 Å². The Hall–Kier alpha value is 0.262. The number of hydrogen-bond acceptors (Lipinski definition) is 7. The third kappa shape index (κ3) is 6.11. The molecule has 1 aliphatic rings. The van der Waals surface area contributed by atoms with E-state index < -0.39 is 41.7 Å². The zero-order valence-corrected chi connectivity index (χ0v) is 17.4. The van der Waals surface area contributed by atoms with Crippen molar-refractivity contribution in [3.63, 3.8) is 0 Å². The Morgan fingerprint density at radius 3 is 2.19 bits per heavy atom. The summed E-state index contributed by atoms with van der Waals surface area (Å²) in [5.41, 5.74) is -1.13. The summed E-state index contributed by atoms with van der Waals surface area (Å²) in [4.78, 5) is 33.4. The molecule has 1 saturated heterocycles.